The molecule has 1 aromatic carbocycles. The van der Waals surface area contributed by atoms with Crippen molar-refractivity contribution in [2.24, 2.45) is 5.92 Å². The van der Waals surface area contributed by atoms with Gasteiger partial charge in [0.05, 0.1) is 9.65 Å². The van der Waals surface area contributed by atoms with Gasteiger partial charge in [-0.15, -0.1) is 10.2 Å². The summed E-state index contributed by atoms with van der Waals surface area (Å²) >= 11 is 2.39. The molecule has 3 N–H and O–H groups in total. The molecule has 7 heteroatoms. The highest BCUT2D eigenvalue weighted by molar-refractivity contribution is 14.1. The lowest BCUT2D eigenvalue weighted by Crippen LogP contribution is -2.50. The molecule has 0 saturated carbocycles. The second-order valence-electron chi connectivity index (χ2n) is 6.68. The van der Waals surface area contributed by atoms with Crippen molar-refractivity contribution in [3.63, 3.8) is 0 Å². The maximum absolute atomic E-state index is 10.5. The fourth-order valence-electron chi connectivity index (χ4n) is 3.19. The Kier molecular flexibility index (Phi) is 4.91. The molecule has 3 rings (SSSR count). The molecule has 1 aromatic heterocycles. The number of hydrogen-bond donors (Lipinski definition) is 2. The second-order valence-corrected chi connectivity index (χ2v) is 7.95. The van der Waals surface area contributed by atoms with Gasteiger partial charge in [-0.05, 0) is 26.7 Å². The predicted octanol–water partition coefficient (Wildman–Crippen LogP) is 2.87. The van der Waals surface area contributed by atoms with Gasteiger partial charge >= 0.3 is 0 Å². The van der Waals surface area contributed by atoms with Gasteiger partial charge in [0, 0.05) is 18.0 Å². The average molecular weight is 439 g/mol. The maximum Gasteiger partial charge on any atom is 0.240 e. The van der Waals surface area contributed by atoms with Crippen LogP contribution in [0.4, 0.5) is 11.8 Å². The van der Waals surface area contributed by atoms with Crippen molar-refractivity contribution in [3.05, 3.63) is 30.3 Å². The number of nitrogens with two attached hydrogens (primary N) is 1. The topological polar surface area (TPSA) is 88.2 Å². The third-order valence-corrected chi connectivity index (χ3v) is 6.00. The van der Waals surface area contributed by atoms with E-state index in [0.29, 0.717) is 0 Å². The number of benzene rings is 1. The van der Waals surface area contributed by atoms with E-state index >= 15 is 0 Å². The summed E-state index contributed by atoms with van der Waals surface area (Å²) in [6.45, 7) is 4.61. The van der Waals surface area contributed by atoms with Gasteiger partial charge in [-0.25, -0.2) is 4.98 Å². The van der Waals surface area contributed by atoms with Crippen molar-refractivity contribution in [1.82, 2.24) is 15.2 Å². The number of aliphatic hydroxyl groups is 1. The Morgan fingerprint density at radius 1 is 1.25 bits per heavy atom. The quantitative estimate of drug-likeness (QED) is 0.435. The number of alkyl halides is 1. The number of nitrogen functional groups attached to an aromatic ring is 1. The van der Waals surface area contributed by atoms with Crippen LogP contribution in [-0.2, 0) is 0 Å². The molecule has 0 aliphatic carbocycles. The van der Waals surface area contributed by atoms with E-state index in [-0.39, 0.29) is 15.9 Å². The van der Waals surface area contributed by atoms with E-state index in [0.717, 1.165) is 36.5 Å². The van der Waals surface area contributed by atoms with Crippen molar-refractivity contribution in [1.29, 1.82) is 0 Å². The van der Waals surface area contributed by atoms with E-state index in [4.69, 9.17) is 5.73 Å². The van der Waals surface area contributed by atoms with Gasteiger partial charge in [0.2, 0.25) is 5.95 Å². The number of halogens is 1. The summed E-state index contributed by atoms with van der Waals surface area (Å²) in [5.41, 5.74) is 6.73. The minimum atomic E-state index is -0.744. The molecule has 24 heavy (non-hydrogen) atoms. The van der Waals surface area contributed by atoms with Crippen LogP contribution in [-0.4, -0.2) is 36.5 Å². The first-order valence-corrected chi connectivity index (χ1v) is 9.31. The van der Waals surface area contributed by atoms with Crippen LogP contribution in [0.5, 0.6) is 0 Å². The SMILES string of the molecule is CC(C)(O)C1CCCN(c2nnc(N)nc2-c2ccccc2)C1I. The molecule has 128 valence electrons. The van der Waals surface area contributed by atoms with E-state index in [1.165, 1.54) is 0 Å². The molecule has 2 unspecified atom stereocenters. The molecule has 2 atom stereocenters. The summed E-state index contributed by atoms with van der Waals surface area (Å²) in [4.78, 5) is 6.63. The van der Waals surface area contributed by atoms with E-state index in [9.17, 15) is 5.11 Å². The molecule has 1 fully saturated rings. The van der Waals surface area contributed by atoms with Crippen LogP contribution < -0.4 is 10.6 Å². The lowest BCUT2D eigenvalue weighted by molar-refractivity contribution is 0.00822. The van der Waals surface area contributed by atoms with Crippen LogP contribution in [0.15, 0.2) is 30.3 Å². The third kappa shape index (κ3) is 3.46. The van der Waals surface area contributed by atoms with E-state index < -0.39 is 5.60 Å². The van der Waals surface area contributed by atoms with Crippen LogP contribution in [0.3, 0.4) is 0 Å². The third-order valence-electron chi connectivity index (χ3n) is 4.46. The van der Waals surface area contributed by atoms with Crippen LogP contribution in [0.2, 0.25) is 0 Å². The van der Waals surface area contributed by atoms with Crippen molar-refractivity contribution in [2.45, 2.75) is 36.3 Å². The second kappa shape index (κ2) is 6.79. The Bertz CT molecular complexity index is 704. The average Bonchev–Trinajstić information content (AvgIpc) is 2.55. The molecule has 1 aliphatic heterocycles. The minimum Gasteiger partial charge on any atom is -0.390 e. The number of hydrogen-bond acceptors (Lipinski definition) is 6. The van der Waals surface area contributed by atoms with Gasteiger partial charge < -0.3 is 15.7 Å². The molecule has 2 heterocycles. The summed E-state index contributed by atoms with van der Waals surface area (Å²) in [5.74, 6) is 1.04. The molecule has 1 saturated heterocycles. The van der Waals surface area contributed by atoms with Gasteiger partial charge in [-0.1, -0.05) is 52.9 Å². The zero-order chi connectivity index (χ0) is 17.3. The van der Waals surface area contributed by atoms with Crippen molar-refractivity contribution in [3.8, 4) is 11.3 Å². The summed E-state index contributed by atoms with van der Waals surface area (Å²) in [6.07, 6.45) is 1.98. The molecule has 1 aliphatic rings. The highest BCUT2D eigenvalue weighted by Gasteiger charge is 2.39. The van der Waals surface area contributed by atoms with E-state index in [2.05, 4.69) is 42.7 Å². The van der Waals surface area contributed by atoms with Crippen molar-refractivity contribution < 1.29 is 5.11 Å². The Labute approximate surface area is 155 Å². The molecular formula is C17H22IN5O. The molecule has 0 spiro atoms. The molecule has 0 bridgehead atoms. The first-order valence-electron chi connectivity index (χ1n) is 8.06. The molecule has 0 radical (unpaired) electrons. The smallest absolute Gasteiger partial charge is 0.240 e. The molecule has 2 aromatic rings. The van der Waals surface area contributed by atoms with Crippen LogP contribution >= 0.6 is 22.6 Å². The van der Waals surface area contributed by atoms with E-state index in [1.54, 1.807) is 0 Å². The van der Waals surface area contributed by atoms with Gasteiger partial charge in [0.25, 0.3) is 0 Å². The summed E-state index contributed by atoms with van der Waals surface area (Å²) in [6, 6.07) is 9.89. The number of rotatable bonds is 3. The lowest BCUT2D eigenvalue weighted by Gasteiger charge is -2.43. The first-order chi connectivity index (χ1) is 11.4. The van der Waals surface area contributed by atoms with E-state index in [1.807, 2.05) is 44.2 Å². The van der Waals surface area contributed by atoms with Gasteiger partial charge in [-0.3, -0.25) is 0 Å². The highest BCUT2D eigenvalue weighted by Crippen LogP contribution is 2.39. The van der Waals surface area contributed by atoms with Crippen LogP contribution in [0.1, 0.15) is 26.7 Å². The predicted molar refractivity (Wildman–Crippen MR) is 104 cm³/mol. The normalized spacial score (nSPS) is 21.8. The fraction of sp³-hybridized carbons (Fsp3) is 0.471. The number of aromatic nitrogens is 3. The van der Waals surface area contributed by atoms with Gasteiger partial charge in [0.1, 0.15) is 5.69 Å². The standard InChI is InChI=1S/C17H22IN5O/c1-17(2,24)12-9-6-10-23(14(12)18)15-13(20-16(19)22-21-15)11-7-4-3-5-8-11/h3-5,7-8,12,14,24H,6,9-10H2,1-2H3,(H2,19,20,22). The number of piperidine rings is 1. The maximum atomic E-state index is 10.5. The van der Waals surface area contributed by atoms with Gasteiger partial charge in [0.15, 0.2) is 5.82 Å². The Balaban J connectivity index is 2.03. The first kappa shape index (κ1) is 17.3. The molecule has 0 amide bonds. The Morgan fingerprint density at radius 2 is 1.96 bits per heavy atom. The van der Waals surface area contributed by atoms with Crippen molar-refractivity contribution >= 4 is 34.4 Å². The summed E-state index contributed by atoms with van der Waals surface area (Å²) in [7, 11) is 0. The van der Waals surface area contributed by atoms with Crippen molar-refractivity contribution in [2.75, 3.05) is 17.2 Å². The lowest BCUT2D eigenvalue weighted by atomic mass is 9.84. The zero-order valence-corrected chi connectivity index (χ0v) is 16.0. The molecular weight excluding hydrogens is 417 g/mol. The fourth-order valence-corrected chi connectivity index (χ4v) is 4.97. The largest absolute Gasteiger partial charge is 0.390 e. The summed E-state index contributed by atoms with van der Waals surface area (Å²) < 4.78 is 0.110. The minimum absolute atomic E-state index is 0.110. The molecule has 6 nitrogen and oxygen atoms in total. The Morgan fingerprint density at radius 3 is 2.62 bits per heavy atom. The van der Waals surface area contributed by atoms with Gasteiger partial charge in [-0.2, -0.15) is 0 Å². The summed E-state index contributed by atoms with van der Waals surface area (Å²) in [5, 5.41) is 18.8. The monoisotopic (exact) mass is 439 g/mol. The van der Waals surface area contributed by atoms with Crippen LogP contribution in [0.25, 0.3) is 11.3 Å². The number of anilines is 2. The number of nitrogens with zero attached hydrogens (tertiary/aromatic N) is 4. The Hall–Kier alpha value is -1.48. The highest BCUT2D eigenvalue weighted by atomic mass is 127. The zero-order valence-electron chi connectivity index (χ0n) is 13.9. The van der Waals surface area contributed by atoms with Crippen LogP contribution in [0, 0.1) is 5.92 Å².